The first-order valence-electron chi connectivity index (χ1n) is 6.21. The Hall–Kier alpha value is -1.16. The van der Waals surface area contributed by atoms with Crippen molar-refractivity contribution in [2.45, 2.75) is 44.9 Å². The number of hydrazone groups is 1. The summed E-state index contributed by atoms with van der Waals surface area (Å²) in [6, 6.07) is 3.94. The van der Waals surface area contributed by atoms with Gasteiger partial charge < -0.3 is 0 Å². The number of nitrogens with one attached hydrogen (secondary N) is 1. The molecule has 17 heavy (non-hydrogen) atoms. The molecule has 0 saturated heterocycles. The van der Waals surface area contributed by atoms with Gasteiger partial charge in [0.1, 0.15) is 0 Å². The summed E-state index contributed by atoms with van der Waals surface area (Å²) in [6.45, 7) is 0. The van der Waals surface area contributed by atoms with E-state index in [0.717, 1.165) is 23.4 Å². The van der Waals surface area contributed by atoms with Crippen LogP contribution in [0.4, 0.5) is 0 Å². The number of carbonyl (C=O) groups excluding carboxylic acids is 1. The van der Waals surface area contributed by atoms with Crippen LogP contribution in [-0.2, 0) is 11.2 Å². The number of thiophene rings is 1. The van der Waals surface area contributed by atoms with Gasteiger partial charge in [0.25, 0.3) is 0 Å². The molecule has 1 N–H and O–H groups in total. The molecule has 92 valence electrons. The summed E-state index contributed by atoms with van der Waals surface area (Å²) in [7, 11) is 0. The summed E-state index contributed by atoms with van der Waals surface area (Å²) in [6.07, 6.45) is 7.52. The molecule has 0 unspecified atom stereocenters. The number of rotatable bonds is 3. The molecular formula is C13H18N2OS. The molecule has 1 aliphatic rings. The third kappa shape index (κ3) is 4.30. The van der Waals surface area contributed by atoms with E-state index in [2.05, 4.69) is 10.5 Å². The van der Waals surface area contributed by atoms with Gasteiger partial charge in [0, 0.05) is 10.6 Å². The third-order valence-electron chi connectivity index (χ3n) is 2.93. The fourth-order valence-electron chi connectivity index (χ4n) is 2.00. The minimum atomic E-state index is -0.0100. The fourth-order valence-corrected chi connectivity index (χ4v) is 2.70. The van der Waals surface area contributed by atoms with Gasteiger partial charge in [0.2, 0.25) is 5.91 Å². The number of nitrogens with zero attached hydrogens (tertiary/aromatic N) is 1. The van der Waals surface area contributed by atoms with E-state index in [1.165, 1.54) is 25.7 Å². The highest BCUT2D eigenvalue weighted by Crippen LogP contribution is 2.14. The predicted molar refractivity (Wildman–Crippen MR) is 71.3 cm³/mol. The van der Waals surface area contributed by atoms with Crippen LogP contribution in [0.3, 0.4) is 0 Å². The zero-order valence-electron chi connectivity index (χ0n) is 9.95. The Morgan fingerprint density at radius 2 is 2.06 bits per heavy atom. The average Bonchev–Trinajstić information content (AvgIpc) is 2.68. The zero-order valence-corrected chi connectivity index (χ0v) is 10.8. The van der Waals surface area contributed by atoms with Crippen LogP contribution in [0, 0.1) is 0 Å². The van der Waals surface area contributed by atoms with Gasteiger partial charge in [-0.3, -0.25) is 4.79 Å². The smallest absolute Gasteiger partial charge is 0.245 e. The van der Waals surface area contributed by atoms with Crippen LogP contribution in [0.25, 0.3) is 0 Å². The number of carbonyl (C=O) groups is 1. The minimum Gasteiger partial charge on any atom is -0.273 e. The Kier molecular flexibility index (Phi) is 4.74. The van der Waals surface area contributed by atoms with E-state index in [4.69, 9.17) is 0 Å². The highest BCUT2D eigenvalue weighted by Gasteiger charge is 2.07. The molecule has 1 heterocycles. The summed E-state index contributed by atoms with van der Waals surface area (Å²) in [5.41, 5.74) is 3.83. The molecule has 1 aromatic heterocycles. The molecule has 1 aliphatic carbocycles. The van der Waals surface area contributed by atoms with E-state index in [1.54, 1.807) is 11.3 Å². The van der Waals surface area contributed by atoms with Crippen LogP contribution < -0.4 is 5.43 Å². The van der Waals surface area contributed by atoms with Gasteiger partial charge in [-0.25, -0.2) is 5.43 Å². The normalized spacial score (nSPS) is 16.4. The number of hydrogen-bond donors (Lipinski definition) is 1. The maximum Gasteiger partial charge on any atom is 0.245 e. The van der Waals surface area contributed by atoms with Crippen molar-refractivity contribution in [1.82, 2.24) is 5.43 Å². The third-order valence-corrected chi connectivity index (χ3v) is 3.81. The van der Waals surface area contributed by atoms with Gasteiger partial charge >= 0.3 is 0 Å². The Labute approximate surface area is 106 Å². The molecule has 0 radical (unpaired) electrons. The summed E-state index contributed by atoms with van der Waals surface area (Å²) in [5.74, 6) is -0.0100. The van der Waals surface area contributed by atoms with Gasteiger partial charge in [0.05, 0.1) is 6.42 Å². The molecule has 1 fully saturated rings. The summed E-state index contributed by atoms with van der Waals surface area (Å²) >= 11 is 1.61. The van der Waals surface area contributed by atoms with E-state index in [9.17, 15) is 4.79 Å². The van der Waals surface area contributed by atoms with Crippen molar-refractivity contribution in [3.8, 4) is 0 Å². The van der Waals surface area contributed by atoms with Crippen LogP contribution >= 0.6 is 11.3 Å². The molecule has 1 saturated carbocycles. The Balaban J connectivity index is 1.80. The Bertz CT molecular complexity index is 374. The molecule has 2 rings (SSSR count). The van der Waals surface area contributed by atoms with E-state index < -0.39 is 0 Å². The predicted octanol–water partition coefficient (Wildman–Crippen LogP) is 3.12. The maximum atomic E-state index is 11.6. The lowest BCUT2D eigenvalue weighted by molar-refractivity contribution is -0.120. The summed E-state index contributed by atoms with van der Waals surface area (Å²) in [5, 5.41) is 6.23. The highest BCUT2D eigenvalue weighted by molar-refractivity contribution is 7.10. The van der Waals surface area contributed by atoms with Gasteiger partial charge in [-0.15, -0.1) is 11.3 Å². The van der Waals surface area contributed by atoms with Crippen molar-refractivity contribution in [3.63, 3.8) is 0 Å². The van der Waals surface area contributed by atoms with E-state index in [1.807, 2.05) is 17.5 Å². The quantitative estimate of drug-likeness (QED) is 0.650. The first-order valence-corrected chi connectivity index (χ1v) is 7.09. The van der Waals surface area contributed by atoms with Crippen LogP contribution in [-0.4, -0.2) is 11.6 Å². The van der Waals surface area contributed by atoms with Crippen molar-refractivity contribution in [2.24, 2.45) is 5.10 Å². The molecule has 0 bridgehead atoms. The van der Waals surface area contributed by atoms with E-state index in [-0.39, 0.29) is 5.91 Å². The fraction of sp³-hybridized carbons (Fsp3) is 0.538. The summed E-state index contributed by atoms with van der Waals surface area (Å²) in [4.78, 5) is 12.7. The molecule has 0 spiro atoms. The Morgan fingerprint density at radius 3 is 2.71 bits per heavy atom. The van der Waals surface area contributed by atoms with Gasteiger partial charge in [-0.1, -0.05) is 18.9 Å². The first-order chi connectivity index (χ1) is 8.34. The molecule has 1 aromatic rings. The van der Waals surface area contributed by atoms with Crippen molar-refractivity contribution in [1.29, 1.82) is 0 Å². The Morgan fingerprint density at radius 1 is 1.29 bits per heavy atom. The summed E-state index contributed by atoms with van der Waals surface area (Å²) < 4.78 is 0. The van der Waals surface area contributed by atoms with Crippen LogP contribution in [0.1, 0.15) is 43.4 Å². The van der Waals surface area contributed by atoms with Crippen LogP contribution in [0.2, 0.25) is 0 Å². The molecule has 0 aromatic carbocycles. The number of hydrogen-bond acceptors (Lipinski definition) is 3. The standard InChI is InChI=1S/C13H18N2OS/c16-13(10-12-8-5-9-17-12)15-14-11-6-3-1-2-4-7-11/h5,8-9H,1-4,6-7,10H2,(H,15,16). The maximum absolute atomic E-state index is 11.6. The first kappa shape index (κ1) is 12.3. The number of amides is 1. The second kappa shape index (κ2) is 6.55. The molecular weight excluding hydrogens is 232 g/mol. The van der Waals surface area contributed by atoms with Crippen molar-refractivity contribution >= 4 is 23.0 Å². The average molecular weight is 250 g/mol. The minimum absolute atomic E-state index is 0.0100. The van der Waals surface area contributed by atoms with E-state index in [0.29, 0.717) is 6.42 Å². The molecule has 4 heteroatoms. The second-order valence-electron chi connectivity index (χ2n) is 4.38. The van der Waals surface area contributed by atoms with Crippen LogP contribution in [0.5, 0.6) is 0 Å². The topological polar surface area (TPSA) is 41.5 Å². The van der Waals surface area contributed by atoms with Crippen molar-refractivity contribution < 1.29 is 4.79 Å². The molecule has 0 aliphatic heterocycles. The lowest BCUT2D eigenvalue weighted by Crippen LogP contribution is -2.21. The van der Waals surface area contributed by atoms with Crippen LogP contribution in [0.15, 0.2) is 22.6 Å². The monoisotopic (exact) mass is 250 g/mol. The lowest BCUT2D eigenvalue weighted by Gasteiger charge is -2.02. The molecule has 3 nitrogen and oxygen atoms in total. The second-order valence-corrected chi connectivity index (χ2v) is 5.42. The van der Waals surface area contributed by atoms with Gasteiger partial charge in [0.15, 0.2) is 0 Å². The van der Waals surface area contributed by atoms with Crippen molar-refractivity contribution in [3.05, 3.63) is 22.4 Å². The highest BCUT2D eigenvalue weighted by atomic mass is 32.1. The van der Waals surface area contributed by atoms with E-state index >= 15 is 0 Å². The SMILES string of the molecule is O=C(Cc1cccs1)NN=C1CCCCCC1. The zero-order chi connectivity index (χ0) is 11.9. The molecule has 0 atom stereocenters. The largest absolute Gasteiger partial charge is 0.273 e. The molecule has 1 amide bonds. The van der Waals surface area contributed by atoms with Crippen molar-refractivity contribution in [2.75, 3.05) is 0 Å². The lowest BCUT2D eigenvalue weighted by atomic mass is 10.2. The van der Waals surface area contributed by atoms with Gasteiger partial charge in [-0.05, 0) is 37.1 Å². The van der Waals surface area contributed by atoms with Gasteiger partial charge in [-0.2, -0.15) is 5.10 Å².